The maximum atomic E-state index is 14.1. The van der Waals surface area contributed by atoms with Gasteiger partial charge in [0.2, 0.25) is 5.75 Å². The van der Waals surface area contributed by atoms with Gasteiger partial charge in [-0.15, -0.1) is 11.6 Å². The highest BCUT2D eigenvalue weighted by molar-refractivity contribution is 7.91. The summed E-state index contributed by atoms with van der Waals surface area (Å²) < 4.78 is 63.5. The predicted molar refractivity (Wildman–Crippen MR) is 92.4 cm³/mol. The van der Waals surface area contributed by atoms with Crippen molar-refractivity contribution in [1.82, 2.24) is 0 Å². The molecule has 0 saturated carbocycles. The Kier molecular flexibility index (Phi) is 6.54. The van der Waals surface area contributed by atoms with Crippen LogP contribution in [-0.4, -0.2) is 22.4 Å². The topological polar surface area (TPSA) is 52.2 Å². The number of hydrogen-bond donors (Lipinski definition) is 1. The van der Waals surface area contributed by atoms with E-state index in [0.717, 1.165) is 12.1 Å². The maximum absolute atomic E-state index is 14.1. The summed E-state index contributed by atoms with van der Waals surface area (Å²) in [6.07, 6.45) is -4.63. The van der Waals surface area contributed by atoms with E-state index in [1.807, 2.05) is 0 Å². The molecule has 3 nitrogen and oxygen atoms in total. The fourth-order valence-corrected chi connectivity index (χ4v) is 3.62. The summed E-state index contributed by atoms with van der Waals surface area (Å²) in [6.45, 7) is 1.35. The molecule has 0 spiro atoms. The molecule has 0 aromatic heterocycles. The first-order valence-electron chi connectivity index (χ1n) is 7.33. The molecule has 1 N–H and O–H groups in total. The lowest BCUT2D eigenvalue weighted by Crippen LogP contribution is -2.24. The Bertz CT molecular complexity index is 814. The molecule has 0 bridgehead atoms. The van der Waals surface area contributed by atoms with E-state index in [2.05, 4.69) is 5.32 Å². The van der Waals surface area contributed by atoms with Crippen molar-refractivity contribution in [1.29, 1.82) is 0 Å². The number of benzene rings is 2. The number of rotatable bonds is 5. The first kappa shape index (κ1) is 20.5. The fraction of sp³-hybridized carbons (Fsp3) is 0.235. The highest BCUT2D eigenvalue weighted by Crippen LogP contribution is 2.29. The normalized spacial score (nSPS) is 12.7. The lowest BCUT2D eigenvalue weighted by atomic mass is 10.1. The molecule has 0 saturated heterocycles. The van der Waals surface area contributed by atoms with Crippen molar-refractivity contribution >= 4 is 34.4 Å². The first-order valence-corrected chi connectivity index (χ1v) is 9.18. The van der Waals surface area contributed by atoms with Crippen LogP contribution in [0.5, 0.6) is 0 Å². The lowest BCUT2D eigenvalue weighted by molar-refractivity contribution is -0.106. The van der Waals surface area contributed by atoms with Gasteiger partial charge in [-0.1, -0.05) is 18.2 Å². The maximum Gasteiger partial charge on any atom is 0.433 e. The fourth-order valence-electron chi connectivity index (χ4n) is 2.27. The predicted octanol–water partition coefficient (Wildman–Crippen LogP) is 4.80. The van der Waals surface area contributed by atoms with E-state index in [1.165, 1.54) is 13.0 Å². The van der Waals surface area contributed by atoms with Crippen LogP contribution in [0.1, 0.15) is 21.5 Å². The van der Waals surface area contributed by atoms with Crippen LogP contribution < -0.4 is 5.32 Å². The molecule has 0 heterocycles. The Morgan fingerprint density at radius 2 is 1.92 bits per heavy atom. The van der Waals surface area contributed by atoms with E-state index in [1.54, 1.807) is 18.2 Å². The molecule has 0 aliphatic heterocycles. The molecular formula is C17H14ClF4NO2S. The highest BCUT2D eigenvalue weighted by Gasteiger charge is 2.36. The molecular weight excluding hydrogens is 394 g/mol. The lowest BCUT2D eigenvalue weighted by Gasteiger charge is -2.16. The molecule has 0 radical (unpaired) electrons. The van der Waals surface area contributed by atoms with E-state index in [0.29, 0.717) is 5.56 Å². The SMILES string of the molecule is Cc1cc(F)c(NC(=O)c2ccccc2CCl)cc1[S+]([O-])CC(F)(F)F. The van der Waals surface area contributed by atoms with E-state index < -0.39 is 34.8 Å². The van der Waals surface area contributed by atoms with Crippen molar-refractivity contribution in [3.63, 3.8) is 0 Å². The monoisotopic (exact) mass is 407 g/mol. The third-order valence-corrected chi connectivity index (χ3v) is 5.27. The summed E-state index contributed by atoms with van der Waals surface area (Å²) in [5.74, 6) is -3.01. The van der Waals surface area contributed by atoms with Crippen molar-refractivity contribution in [2.24, 2.45) is 0 Å². The third-order valence-electron chi connectivity index (χ3n) is 3.46. The van der Waals surface area contributed by atoms with Gasteiger partial charge in [0, 0.05) is 23.1 Å². The third kappa shape index (κ3) is 5.12. The molecule has 2 aromatic rings. The number of halogens is 5. The second-order valence-electron chi connectivity index (χ2n) is 5.45. The van der Waals surface area contributed by atoms with Crippen LogP contribution in [0.15, 0.2) is 41.3 Å². The molecule has 2 rings (SSSR count). The molecule has 1 amide bonds. The van der Waals surface area contributed by atoms with Crippen molar-refractivity contribution in [3.8, 4) is 0 Å². The summed E-state index contributed by atoms with van der Waals surface area (Å²) in [5, 5.41) is 2.30. The number of nitrogens with one attached hydrogen (secondary N) is 1. The molecule has 9 heteroatoms. The molecule has 26 heavy (non-hydrogen) atoms. The van der Waals surface area contributed by atoms with E-state index in [4.69, 9.17) is 11.6 Å². The number of alkyl halides is 4. The van der Waals surface area contributed by atoms with E-state index in [-0.39, 0.29) is 27.6 Å². The van der Waals surface area contributed by atoms with Crippen LogP contribution in [0, 0.1) is 12.7 Å². The van der Waals surface area contributed by atoms with Gasteiger partial charge in [-0.3, -0.25) is 4.79 Å². The Hall–Kier alpha value is -1.77. The van der Waals surface area contributed by atoms with Crippen molar-refractivity contribution in [3.05, 3.63) is 58.9 Å². The number of amides is 1. The second kappa shape index (κ2) is 8.28. The molecule has 0 aliphatic rings. The van der Waals surface area contributed by atoms with Gasteiger partial charge in [-0.2, -0.15) is 13.2 Å². The largest absolute Gasteiger partial charge is 0.611 e. The summed E-state index contributed by atoms with van der Waals surface area (Å²) in [7, 11) is 0. The molecule has 0 fully saturated rings. The van der Waals surface area contributed by atoms with Gasteiger partial charge in [0.25, 0.3) is 5.91 Å². The van der Waals surface area contributed by atoms with Crippen molar-refractivity contribution in [2.75, 3.05) is 11.1 Å². The highest BCUT2D eigenvalue weighted by atomic mass is 35.5. The Morgan fingerprint density at radius 3 is 2.54 bits per heavy atom. The Balaban J connectivity index is 2.32. The smallest absolute Gasteiger partial charge is 0.433 e. The first-order chi connectivity index (χ1) is 12.1. The van der Waals surface area contributed by atoms with Gasteiger partial charge in [-0.05, 0) is 35.8 Å². The quantitative estimate of drug-likeness (QED) is 0.440. The number of carbonyl (C=O) groups excluding carboxylic acids is 1. The molecule has 2 aromatic carbocycles. The molecule has 0 aliphatic carbocycles. The summed E-state index contributed by atoms with van der Waals surface area (Å²) >= 11 is 3.35. The van der Waals surface area contributed by atoms with Gasteiger partial charge in [-0.25, -0.2) is 4.39 Å². The number of aryl methyl sites for hydroxylation is 1. The van der Waals surface area contributed by atoms with Crippen LogP contribution in [0.3, 0.4) is 0 Å². The van der Waals surface area contributed by atoms with Crippen LogP contribution in [0.4, 0.5) is 23.2 Å². The van der Waals surface area contributed by atoms with Gasteiger partial charge in [0.05, 0.1) is 5.69 Å². The van der Waals surface area contributed by atoms with Gasteiger partial charge in [0.15, 0.2) is 4.90 Å². The molecule has 140 valence electrons. The number of carbonyl (C=O) groups is 1. The zero-order chi connectivity index (χ0) is 19.5. The number of hydrogen-bond acceptors (Lipinski definition) is 2. The summed E-state index contributed by atoms with van der Waals surface area (Å²) in [4.78, 5) is 12.2. The summed E-state index contributed by atoms with van der Waals surface area (Å²) in [6, 6.07) is 8.29. The second-order valence-corrected chi connectivity index (χ2v) is 7.13. The van der Waals surface area contributed by atoms with Crippen molar-refractivity contribution < 1.29 is 26.9 Å². The van der Waals surface area contributed by atoms with Crippen LogP contribution in [-0.2, 0) is 17.1 Å². The van der Waals surface area contributed by atoms with Gasteiger partial charge in [0.1, 0.15) is 5.82 Å². The average Bonchev–Trinajstić information content (AvgIpc) is 2.55. The number of anilines is 1. The Morgan fingerprint density at radius 1 is 1.27 bits per heavy atom. The molecule has 1 unspecified atom stereocenters. The zero-order valence-electron chi connectivity index (χ0n) is 13.5. The van der Waals surface area contributed by atoms with Gasteiger partial charge < -0.3 is 9.87 Å². The Labute approximate surface area is 155 Å². The standard InChI is InChI=1S/C17H14ClF4NO2S/c1-10-6-13(19)14(7-15(10)26(25)9-17(20,21)22)23-16(24)12-5-3-2-4-11(12)8-18/h2-7H,8-9H2,1H3,(H,23,24). The van der Waals surface area contributed by atoms with Crippen LogP contribution >= 0.6 is 11.6 Å². The minimum atomic E-state index is -4.63. The minimum Gasteiger partial charge on any atom is -0.611 e. The molecule has 1 atom stereocenters. The van der Waals surface area contributed by atoms with Crippen LogP contribution in [0.2, 0.25) is 0 Å². The average molecular weight is 408 g/mol. The summed E-state index contributed by atoms with van der Waals surface area (Å²) in [5.41, 5.74) is 0.472. The van der Waals surface area contributed by atoms with Crippen LogP contribution in [0.25, 0.3) is 0 Å². The van der Waals surface area contributed by atoms with E-state index >= 15 is 0 Å². The van der Waals surface area contributed by atoms with Crippen molar-refractivity contribution in [2.45, 2.75) is 23.9 Å². The minimum absolute atomic E-state index is 0.0564. The van der Waals surface area contributed by atoms with Gasteiger partial charge >= 0.3 is 6.18 Å². The zero-order valence-corrected chi connectivity index (χ0v) is 15.1. The van der Waals surface area contributed by atoms with E-state index in [9.17, 15) is 26.9 Å².